The standard InChI is InChI=1S/C15H16Br2N2O3/c1-15(2,9-19-5-3-4-6-19)13(20)14(21)22-10-7-11(16)18-12(17)8-10/h3-8,13,20H,9H2,1-2H3. The molecule has 1 atom stereocenters. The van der Waals surface area contributed by atoms with Crippen LogP contribution in [-0.4, -0.2) is 26.7 Å². The first kappa shape index (κ1) is 17.2. The van der Waals surface area contributed by atoms with Crippen LogP contribution in [0.1, 0.15) is 13.8 Å². The van der Waals surface area contributed by atoms with Gasteiger partial charge in [-0.15, -0.1) is 0 Å². The number of carbonyl (C=O) groups excluding carboxylic acids is 1. The van der Waals surface area contributed by atoms with Gasteiger partial charge < -0.3 is 14.4 Å². The van der Waals surface area contributed by atoms with Gasteiger partial charge in [0.1, 0.15) is 15.0 Å². The van der Waals surface area contributed by atoms with Crippen molar-refractivity contribution in [2.75, 3.05) is 0 Å². The molecule has 2 heterocycles. The Bertz CT molecular complexity index is 637. The first-order valence-corrected chi connectivity index (χ1v) is 8.20. The highest BCUT2D eigenvalue weighted by Crippen LogP contribution is 2.27. The third kappa shape index (κ3) is 4.41. The van der Waals surface area contributed by atoms with Crippen LogP contribution in [0.4, 0.5) is 0 Å². The Labute approximate surface area is 145 Å². The normalized spacial score (nSPS) is 13.0. The number of aromatic nitrogens is 2. The van der Waals surface area contributed by atoms with E-state index < -0.39 is 17.5 Å². The second-order valence-electron chi connectivity index (χ2n) is 5.62. The highest BCUT2D eigenvalue weighted by molar-refractivity contribution is 9.11. The fourth-order valence-corrected chi connectivity index (χ4v) is 3.10. The van der Waals surface area contributed by atoms with Gasteiger partial charge in [-0.1, -0.05) is 13.8 Å². The van der Waals surface area contributed by atoms with Crippen molar-refractivity contribution in [1.82, 2.24) is 9.55 Å². The lowest BCUT2D eigenvalue weighted by Gasteiger charge is -2.29. The van der Waals surface area contributed by atoms with E-state index in [9.17, 15) is 9.90 Å². The molecule has 22 heavy (non-hydrogen) atoms. The van der Waals surface area contributed by atoms with Gasteiger partial charge in [-0.25, -0.2) is 9.78 Å². The summed E-state index contributed by atoms with van der Waals surface area (Å²) in [5.74, 6) is -0.378. The van der Waals surface area contributed by atoms with E-state index in [-0.39, 0.29) is 0 Å². The molecule has 5 nitrogen and oxygen atoms in total. The van der Waals surface area contributed by atoms with Crippen LogP contribution in [0.3, 0.4) is 0 Å². The summed E-state index contributed by atoms with van der Waals surface area (Å²) >= 11 is 6.44. The number of aliphatic hydroxyl groups excluding tert-OH is 1. The number of ether oxygens (including phenoxy) is 1. The summed E-state index contributed by atoms with van der Waals surface area (Å²) in [6, 6.07) is 6.92. The molecule has 0 aliphatic carbocycles. The van der Waals surface area contributed by atoms with Gasteiger partial charge in [0.25, 0.3) is 0 Å². The average molecular weight is 432 g/mol. The summed E-state index contributed by atoms with van der Waals surface area (Å²) in [6.07, 6.45) is 2.52. The molecule has 7 heteroatoms. The molecule has 0 spiro atoms. The largest absolute Gasteiger partial charge is 0.424 e. The fourth-order valence-electron chi connectivity index (χ4n) is 2.03. The highest BCUT2D eigenvalue weighted by Gasteiger charge is 2.35. The van der Waals surface area contributed by atoms with Crippen molar-refractivity contribution in [3.63, 3.8) is 0 Å². The predicted molar refractivity (Wildman–Crippen MR) is 89.5 cm³/mol. The number of pyridine rings is 1. The van der Waals surface area contributed by atoms with Gasteiger partial charge in [-0.05, 0) is 44.0 Å². The molecule has 0 aromatic carbocycles. The minimum absolute atomic E-state index is 0.314. The van der Waals surface area contributed by atoms with E-state index in [1.165, 1.54) is 0 Å². The Morgan fingerprint density at radius 3 is 2.41 bits per heavy atom. The number of hydrogen-bond acceptors (Lipinski definition) is 4. The lowest BCUT2D eigenvalue weighted by atomic mass is 9.86. The lowest BCUT2D eigenvalue weighted by Crippen LogP contribution is -2.41. The van der Waals surface area contributed by atoms with Crippen LogP contribution in [0.2, 0.25) is 0 Å². The Kier molecular flexibility index (Phi) is 5.41. The van der Waals surface area contributed by atoms with Crippen LogP contribution in [0.25, 0.3) is 0 Å². The van der Waals surface area contributed by atoms with Gasteiger partial charge in [0, 0.05) is 36.5 Å². The average Bonchev–Trinajstić information content (AvgIpc) is 2.88. The summed E-state index contributed by atoms with van der Waals surface area (Å²) in [5, 5.41) is 10.3. The van der Waals surface area contributed by atoms with E-state index in [0.29, 0.717) is 21.5 Å². The molecule has 0 amide bonds. The van der Waals surface area contributed by atoms with Gasteiger partial charge in [-0.2, -0.15) is 0 Å². The molecule has 0 saturated carbocycles. The first-order chi connectivity index (χ1) is 10.3. The van der Waals surface area contributed by atoms with E-state index in [4.69, 9.17) is 4.74 Å². The monoisotopic (exact) mass is 430 g/mol. The highest BCUT2D eigenvalue weighted by atomic mass is 79.9. The maximum absolute atomic E-state index is 12.2. The molecule has 0 saturated heterocycles. The minimum Gasteiger partial charge on any atom is -0.424 e. The molecule has 0 aliphatic heterocycles. The Balaban J connectivity index is 2.07. The maximum Gasteiger partial charge on any atom is 0.340 e. The summed E-state index contributed by atoms with van der Waals surface area (Å²) in [5.41, 5.74) is -0.669. The van der Waals surface area contributed by atoms with E-state index >= 15 is 0 Å². The fraction of sp³-hybridized carbons (Fsp3) is 0.333. The SMILES string of the molecule is CC(C)(Cn1cccc1)C(O)C(=O)Oc1cc(Br)nc(Br)c1. The van der Waals surface area contributed by atoms with Gasteiger partial charge in [-0.3, -0.25) is 0 Å². The number of hydrogen-bond donors (Lipinski definition) is 1. The van der Waals surface area contributed by atoms with Crippen molar-refractivity contribution in [2.45, 2.75) is 26.5 Å². The van der Waals surface area contributed by atoms with Crippen LogP contribution < -0.4 is 4.74 Å². The molecule has 1 N–H and O–H groups in total. The zero-order valence-electron chi connectivity index (χ0n) is 12.2. The molecular formula is C15H16Br2N2O3. The van der Waals surface area contributed by atoms with Crippen LogP contribution >= 0.6 is 31.9 Å². The number of carbonyl (C=O) groups is 1. The van der Waals surface area contributed by atoms with Gasteiger partial charge in [0.2, 0.25) is 0 Å². The van der Waals surface area contributed by atoms with Crippen LogP contribution in [-0.2, 0) is 11.3 Å². The van der Waals surface area contributed by atoms with E-state index in [0.717, 1.165) is 0 Å². The quantitative estimate of drug-likeness (QED) is 0.582. The second kappa shape index (κ2) is 6.93. The summed E-state index contributed by atoms with van der Waals surface area (Å²) in [7, 11) is 0. The topological polar surface area (TPSA) is 64.4 Å². The van der Waals surface area contributed by atoms with Crippen molar-refractivity contribution in [3.05, 3.63) is 45.9 Å². The zero-order chi connectivity index (χ0) is 16.3. The molecule has 0 aliphatic rings. The molecule has 2 aromatic rings. The van der Waals surface area contributed by atoms with Crippen molar-refractivity contribution in [3.8, 4) is 5.75 Å². The van der Waals surface area contributed by atoms with E-state index in [1.54, 1.807) is 12.1 Å². The molecule has 0 bridgehead atoms. The van der Waals surface area contributed by atoms with Crippen molar-refractivity contribution < 1.29 is 14.6 Å². The molecule has 0 fully saturated rings. The van der Waals surface area contributed by atoms with Crippen molar-refractivity contribution in [2.24, 2.45) is 5.41 Å². The summed E-state index contributed by atoms with van der Waals surface area (Å²) in [6.45, 7) is 4.13. The molecule has 2 rings (SSSR count). The zero-order valence-corrected chi connectivity index (χ0v) is 15.3. The Hall–Kier alpha value is -1.18. The third-order valence-corrected chi connectivity index (χ3v) is 3.99. The van der Waals surface area contributed by atoms with Crippen LogP contribution in [0.15, 0.2) is 45.9 Å². The first-order valence-electron chi connectivity index (χ1n) is 6.61. The van der Waals surface area contributed by atoms with E-state index in [2.05, 4.69) is 36.8 Å². The molecular weight excluding hydrogens is 416 g/mol. The molecule has 1 unspecified atom stereocenters. The third-order valence-electron chi connectivity index (χ3n) is 3.17. The summed E-state index contributed by atoms with van der Waals surface area (Å²) in [4.78, 5) is 16.2. The molecule has 118 valence electrons. The molecule has 2 aromatic heterocycles. The van der Waals surface area contributed by atoms with E-state index in [1.807, 2.05) is 42.9 Å². The van der Waals surface area contributed by atoms with Crippen LogP contribution in [0, 0.1) is 5.41 Å². The van der Waals surface area contributed by atoms with Crippen molar-refractivity contribution in [1.29, 1.82) is 0 Å². The molecule has 0 radical (unpaired) electrons. The maximum atomic E-state index is 12.2. The van der Waals surface area contributed by atoms with Crippen molar-refractivity contribution >= 4 is 37.8 Å². The number of halogens is 2. The van der Waals surface area contributed by atoms with Gasteiger partial charge in [0.05, 0.1) is 0 Å². The smallest absolute Gasteiger partial charge is 0.340 e. The second-order valence-corrected chi connectivity index (χ2v) is 7.24. The Morgan fingerprint density at radius 1 is 1.32 bits per heavy atom. The number of nitrogens with zero attached hydrogens (tertiary/aromatic N) is 2. The number of esters is 1. The number of aliphatic hydroxyl groups is 1. The minimum atomic E-state index is -1.25. The lowest BCUT2D eigenvalue weighted by molar-refractivity contribution is -0.150. The summed E-state index contributed by atoms with van der Waals surface area (Å²) < 4.78 is 8.22. The van der Waals surface area contributed by atoms with Gasteiger partial charge >= 0.3 is 5.97 Å². The number of rotatable bonds is 5. The van der Waals surface area contributed by atoms with Gasteiger partial charge in [0.15, 0.2) is 6.10 Å². The Morgan fingerprint density at radius 2 is 1.86 bits per heavy atom. The predicted octanol–water partition coefficient (Wildman–Crippen LogP) is 3.40. The van der Waals surface area contributed by atoms with Crippen LogP contribution in [0.5, 0.6) is 5.75 Å².